The summed E-state index contributed by atoms with van der Waals surface area (Å²) in [4.78, 5) is 10.8. The van der Waals surface area contributed by atoms with Crippen molar-refractivity contribution in [1.82, 2.24) is 0 Å². The minimum Gasteiger partial charge on any atom is -0.481 e. The van der Waals surface area contributed by atoms with Gasteiger partial charge in [-0.1, -0.05) is 12.8 Å². The topological polar surface area (TPSA) is 37.3 Å². The van der Waals surface area contributed by atoms with Crippen LogP contribution in [0.25, 0.3) is 0 Å². The molecule has 16 heavy (non-hydrogen) atoms. The zero-order valence-corrected chi connectivity index (χ0v) is 8.28. The molecule has 0 radical (unpaired) electrons. The van der Waals surface area contributed by atoms with Gasteiger partial charge in [-0.2, -0.15) is 22.0 Å². The van der Waals surface area contributed by atoms with Crippen molar-refractivity contribution < 1.29 is 31.9 Å². The van der Waals surface area contributed by atoms with Gasteiger partial charge in [0.25, 0.3) is 0 Å². The van der Waals surface area contributed by atoms with Gasteiger partial charge in [-0.3, -0.25) is 4.79 Å². The van der Waals surface area contributed by atoms with E-state index in [-0.39, 0.29) is 12.8 Å². The van der Waals surface area contributed by atoms with E-state index in [0.717, 1.165) is 0 Å². The van der Waals surface area contributed by atoms with Gasteiger partial charge in [-0.15, -0.1) is 0 Å². The third kappa shape index (κ3) is 2.27. The molecule has 0 spiro atoms. The Morgan fingerprint density at radius 1 is 1.12 bits per heavy atom. The second-order valence-electron chi connectivity index (χ2n) is 4.17. The Morgan fingerprint density at radius 2 is 1.56 bits per heavy atom. The zero-order valence-electron chi connectivity index (χ0n) is 8.28. The largest absolute Gasteiger partial charge is 0.481 e. The summed E-state index contributed by atoms with van der Waals surface area (Å²) in [6.45, 7) is 0. The molecule has 0 saturated heterocycles. The van der Waals surface area contributed by atoms with Gasteiger partial charge < -0.3 is 5.11 Å². The number of carbonyl (C=O) groups is 1. The molecule has 0 amide bonds. The number of rotatable bonds is 3. The average Bonchev–Trinajstić information content (AvgIpc) is 2.50. The van der Waals surface area contributed by atoms with Crippen LogP contribution >= 0.6 is 0 Å². The molecule has 94 valence electrons. The van der Waals surface area contributed by atoms with Crippen molar-refractivity contribution in [3.05, 3.63) is 0 Å². The number of hydrogen-bond acceptors (Lipinski definition) is 1. The smallest absolute Gasteiger partial charge is 0.453 e. The first-order valence-corrected chi connectivity index (χ1v) is 4.79. The summed E-state index contributed by atoms with van der Waals surface area (Å²) in [6.07, 6.45) is -6.82. The van der Waals surface area contributed by atoms with Crippen LogP contribution in [-0.2, 0) is 4.79 Å². The Kier molecular flexibility index (Phi) is 3.17. The number of hydrogen-bond donors (Lipinski definition) is 1. The van der Waals surface area contributed by atoms with Gasteiger partial charge in [0.1, 0.15) is 0 Å². The SMILES string of the molecule is O=C(O)C1(CC(F)(F)C(F)(F)F)CCCC1. The van der Waals surface area contributed by atoms with Crippen molar-refractivity contribution in [3.63, 3.8) is 0 Å². The molecule has 1 N–H and O–H groups in total. The molecule has 0 aromatic rings. The molecular weight excluding hydrogens is 235 g/mol. The van der Waals surface area contributed by atoms with Crippen molar-refractivity contribution in [1.29, 1.82) is 0 Å². The van der Waals surface area contributed by atoms with Crippen molar-refractivity contribution in [2.75, 3.05) is 0 Å². The average molecular weight is 246 g/mol. The lowest BCUT2D eigenvalue weighted by molar-refractivity contribution is -0.292. The molecular formula is C9H11F5O2. The Bertz CT molecular complexity index is 278. The Morgan fingerprint density at radius 3 is 1.88 bits per heavy atom. The summed E-state index contributed by atoms with van der Waals surface area (Å²) in [7, 11) is 0. The molecule has 0 atom stereocenters. The Balaban J connectivity index is 2.89. The fourth-order valence-corrected chi connectivity index (χ4v) is 2.04. The summed E-state index contributed by atoms with van der Waals surface area (Å²) in [5.74, 6) is -6.50. The summed E-state index contributed by atoms with van der Waals surface area (Å²) < 4.78 is 61.5. The van der Waals surface area contributed by atoms with Crippen molar-refractivity contribution in [2.45, 2.75) is 44.2 Å². The van der Waals surface area contributed by atoms with Gasteiger partial charge in [-0.05, 0) is 12.8 Å². The van der Waals surface area contributed by atoms with Crippen molar-refractivity contribution in [3.8, 4) is 0 Å². The van der Waals surface area contributed by atoms with Gasteiger partial charge in [0, 0.05) is 6.42 Å². The number of carboxylic acid groups (broad SMARTS) is 1. The highest BCUT2D eigenvalue weighted by Gasteiger charge is 2.62. The highest BCUT2D eigenvalue weighted by atomic mass is 19.4. The second kappa shape index (κ2) is 3.85. The molecule has 7 heteroatoms. The minimum atomic E-state index is -5.68. The summed E-state index contributed by atoms with van der Waals surface area (Å²) >= 11 is 0. The monoisotopic (exact) mass is 246 g/mol. The molecule has 1 fully saturated rings. The van der Waals surface area contributed by atoms with Crippen LogP contribution in [0.4, 0.5) is 22.0 Å². The van der Waals surface area contributed by atoms with E-state index in [1.165, 1.54) is 0 Å². The number of alkyl halides is 5. The lowest BCUT2D eigenvalue weighted by Crippen LogP contribution is -2.44. The van der Waals surface area contributed by atoms with Crippen LogP contribution in [0.1, 0.15) is 32.1 Å². The van der Waals surface area contributed by atoms with Crippen LogP contribution in [0.2, 0.25) is 0 Å². The molecule has 0 bridgehead atoms. The maximum absolute atomic E-state index is 12.8. The van der Waals surface area contributed by atoms with E-state index in [1.54, 1.807) is 0 Å². The van der Waals surface area contributed by atoms with E-state index in [0.29, 0.717) is 12.8 Å². The zero-order chi connectivity index (χ0) is 12.6. The van der Waals surface area contributed by atoms with E-state index in [4.69, 9.17) is 5.11 Å². The minimum absolute atomic E-state index is 0.117. The normalized spacial score (nSPS) is 21.1. The van der Waals surface area contributed by atoms with Crippen LogP contribution in [0.15, 0.2) is 0 Å². The van der Waals surface area contributed by atoms with E-state index in [9.17, 15) is 26.7 Å². The predicted octanol–water partition coefficient (Wildman–Crippen LogP) is 3.22. The van der Waals surface area contributed by atoms with E-state index < -0.39 is 29.9 Å². The maximum atomic E-state index is 12.8. The van der Waals surface area contributed by atoms with Crippen molar-refractivity contribution >= 4 is 5.97 Å². The number of halogens is 5. The highest BCUT2D eigenvalue weighted by molar-refractivity contribution is 5.75. The van der Waals surface area contributed by atoms with Gasteiger partial charge >= 0.3 is 18.1 Å². The molecule has 0 unspecified atom stereocenters. The molecule has 0 aliphatic heterocycles. The van der Waals surface area contributed by atoms with Crippen LogP contribution in [0, 0.1) is 5.41 Å². The van der Waals surface area contributed by atoms with E-state index in [2.05, 4.69) is 0 Å². The second-order valence-corrected chi connectivity index (χ2v) is 4.17. The van der Waals surface area contributed by atoms with Crippen LogP contribution in [0.5, 0.6) is 0 Å². The van der Waals surface area contributed by atoms with E-state index >= 15 is 0 Å². The summed E-state index contributed by atoms with van der Waals surface area (Å²) in [5, 5.41) is 8.79. The Labute approximate surface area is 88.4 Å². The molecule has 2 nitrogen and oxygen atoms in total. The van der Waals surface area contributed by atoms with Gasteiger partial charge in [0.05, 0.1) is 5.41 Å². The standard InChI is InChI=1S/C9H11F5O2/c10-8(11,9(12,13)14)5-7(6(15)16)3-1-2-4-7/h1-5H2,(H,15,16). The molecule has 1 rings (SSSR count). The van der Waals surface area contributed by atoms with Gasteiger partial charge in [0.15, 0.2) is 0 Å². The third-order valence-corrected chi connectivity index (χ3v) is 2.99. The number of carboxylic acids is 1. The first-order chi connectivity index (χ1) is 7.11. The maximum Gasteiger partial charge on any atom is 0.453 e. The fourth-order valence-electron chi connectivity index (χ4n) is 2.04. The van der Waals surface area contributed by atoms with E-state index in [1.807, 2.05) is 0 Å². The van der Waals surface area contributed by atoms with Gasteiger partial charge in [0.2, 0.25) is 0 Å². The number of aliphatic carboxylic acids is 1. The van der Waals surface area contributed by atoms with Crippen LogP contribution in [0.3, 0.4) is 0 Å². The lowest BCUT2D eigenvalue weighted by atomic mass is 9.80. The molecule has 0 aromatic carbocycles. The van der Waals surface area contributed by atoms with Crippen molar-refractivity contribution in [2.24, 2.45) is 5.41 Å². The van der Waals surface area contributed by atoms with Crippen LogP contribution < -0.4 is 0 Å². The quantitative estimate of drug-likeness (QED) is 0.776. The molecule has 0 heterocycles. The van der Waals surface area contributed by atoms with Gasteiger partial charge in [-0.25, -0.2) is 0 Å². The fraction of sp³-hybridized carbons (Fsp3) is 0.889. The summed E-state index contributed by atoms with van der Waals surface area (Å²) in [5.41, 5.74) is -1.92. The third-order valence-electron chi connectivity index (χ3n) is 2.99. The molecule has 1 aliphatic rings. The van der Waals surface area contributed by atoms with Crippen LogP contribution in [-0.4, -0.2) is 23.2 Å². The molecule has 1 saturated carbocycles. The highest BCUT2D eigenvalue weighted by Crippen LogP contribution is 2.50. The molecule has 1 aliphatic carbocycles. The lowest BCUT2D eigenvalue weighted by Gasteiger charge is -2.29. The Hall–Kier alpha value is -0.880. The first-order valence-electron chi connectivity index (χ1n) is 4.79. The molecule has 0 aromatic heterocycles. The summed E-state index contributed by atoms with van der Waals surface area (Å²) in [6, 6.07) is 0. The predicted molar refractivity (Wildman–Crippen MR) is 44.2 cm³/mol. The first kappa shape index (κ1) is 13.2.